The van der Waals surface area contributed by atoms with E-state index in [9.17, 15) is 0 Å². The van der Waals surface area contributed by atoms with E-state index in [-0.39, 0.29) is 0 Å². The molecule has 1 saturated heterocycles. The first kappa shape index (κ1) is 14.3. The maximum Gasteiger partial charge on any atom is 0.0448 e. The van der Waals surface area contributed by atoms with Gasteiger partial charge in [0.15, 0.2) is 0 Å². The second kappa shape index (κ2) is 6.90. The third-order valence-corrected chi connectivity index (χ3v) is 4.02. The Hall–Kier alpha value is -1.09. The number of rotatable bonds is 5. The van der Waals surface area contributed by atoms with Gasteiger partial charge in [0.2, 0.25) is 0 Å². The maximum absolute atomic E-state index is 4.46. The zero-order valence-corrected chi connectivity index (χ0v) is 12.6. The Morgan fingerprint density at radius 2 is 2.26 bits per heavy atom. The van der Waals surface area contributed by atoms with E-state index in [1.165, 1.54) is 49.9 Å². The number of hydrogen-bond acceptors (Lipinski definition) is 3. The van der Waals surface area contributed by atoms with Crippen molar-refractivity contribution in [3.8, 4) is 0 Å². The van der Waals surface area contributed by atoms with Crippen LogP contribution in [0.15, 0.2) is 12.3 Å². The first-order valence-corrected chi connectivity index (χ1v) is 7.63. The number of aryl methyl sites for hydroxylation is 1. The minimum atomic E-state index is 0.719. The molecule has 0 bridgehead atoms. The highest BCUT2D eigenvalue weighted by molar-refractivity contribution is 5.54. The van der Waals surface area contributed by atoms with Crippen molar-refractivity contribution in [1.82, 2.24) is 10.3 Å². The lowest BCUT2D eigenvalue weighted by Crippen LogP contribution is -2.40. The maximum atomic E-state index is 4.46. The van der Waals surface area contributed by atoms with Gasteiger partial charge >= 0.3 is 0 Å². The lowest BCUT2D eigenvalue weighted by Gasteiger charge is -2.39. The molecule has 0 aromatic carbocycles. The Bertz CT molecular complexity index is 401. The highest BCUT2D eigenvalue weighted by Crippen LogP contribution is 2.30. The largest absolute Gasteiger partial charge is 0.368 e. The molecule has 1 aliphatic rings. The van der Waals surface area contributed by atoms with E-state index in [0.717, 1.165) is 18.3 Å². The first-order chi connectivity index (χ1) is 9.26. The van der Waals surface area contributed by atoms with Crippen LogP contribution in [0.25, 0.3) is 0 Å². The molecule has 3 nitrogen and oxygen atoms in total. The van der Waals surface area contributed by atoms with Gasteiger partial charge in [-0.15, -0.1) is 0 Å². The van der Waals surface area contributed by atoms with Crippen molar-refractivity contribution < 1.29 is 0 Å². The van der Waals surface area contributed by atoms with Crippen molar-refractivity contribution in [2.75, 3.05) is 18.5 Å². The molecule has 1 aromatic heterocycles. The Kier molecular flexibility index (Phi) is 5.20. The molecule has 1 N–H and O–H groups in total. The molecule has 106 valence electrons. The van der Waals surface area contributed by atoms with Crippen LogP contribution >= 0.6 is 0 Å². The van der Waals surface area contributed by atoms with Crippen LogP contribution < -0.4 is 10.2 Å². The lowest BCUT2D eigenvalue weighted by molar-refractivity contribution is 0.433. The zero-order valence-electron chi connectivity index (χ0n) is 12.6. The number of nitrogens with zero attached hydrogens (tertiary/aromatic N) is 2. The highest BCUT2D eigenvalue weighted by atomic mass is 15.2. The molecule has 1 atom stereocenters. The monoisotopic (exact) mass is 261 g/mol. The van der Waals surface area contributed by atoms with Gasteiger partial charge in [0.25, 0.3) is 0 Å². The summed E-state index contributed by atoms with van der Waals surface area (Å²) in [6, 6.07) is 2.98. The molecule has 1 aromatic rings. The fourth-order valence-electron chi connectivity index (χ4n) is 3.12. The molecule has 0 aliphatic carbocycles. The first-order valence-electron chi connectivity index (χ1n) is 7.63. The molecule has 2 rings (SSSR count). The van der Waals surface area contributed by atoms with Crippen molar-refractivity contribution >= 4 is 5.69 Å². The minimum Gasteiger partial charge on any atom is -0.368 e. The summed E-state index contributed by atoms with van der Waals surface area (Å²) in [6.07, 6.45) is 8.66. The van der Waals surface area contributed by atoms with Crippen LogP contribution in [0.2, 0.25) is 0 Å². The Morgan fingerprint density at radius 1 is 1.42 bits per heavy atom. The molecular formula is C16H27N3. The number of nitrogens with one attached hydrogen (secondary N) is 1. The molecule has 19 heavy (non-hydrogen) atoms. The average Bonchev–Trinajstić information content (AvgIpc) is 2.42. The van der Waals surface area contributed by atoms with Gasteiger partial charge < -0.3 is 10.2 Å². The lowest BCUT2D eigenvalue weighted by atomic mass is 9.96. The zero-order chi connectivity index (χ0) is 13.7. The summed E-state index contributed by atoms with van der Waals surface area (Å²) in [7, 11) is 2.00. The van der Waals surface area contributed by atoms with Gasteiger partial charge in [-0.2, -0.15) is 0 Å². The molecule has 0 radical (unpaired) electrons. The summed E-state index contributed by atoms with van der Waals surface area (Å²) in [5.74, 6) is 0. The van der Waals surface area contributed by atoms with Gasteiger partial charge in [0.1, 0.15) is 0 Å². The number of aromatic nitrogens is 1. The summed E-state index contributed by atoms with van der Waals surface area (Å²) >= 11 is 0. The Labute approximate surface area is 117 Å². The van der Waals surface area contributed by atoms with Crippen LogP contribution in [0.4, 0.5) is 5.69 Å². The van der Waals surface area contributed by atoms with E-state index in [1.54, 1.807) is 0 Å². The van der Waals surface area contributed by atoms with Crippen LogP contribution in [0.1, 0.15) is 50.3 Å². The van der Waals surface area contributed by atoms with Crippen LogP contribution in [-0.2, 0) is 6.54 Å². The van der Waals surface area contributed by atoms with Gasteiger partial charge in [-0.25, -0.2) is 0 Å². The second-order valence-corrected chi connectivity index (χ2v) is 5.62. The third-order valence-electron chi connectivity index (χ3n) is 4.02. The van der Waals surface area contributed by atoms with Crippen LogP contribution in [-0.4, -0.2) is 24.6 Å². The molecule has 1 aliphatic heterocycles. The predicted molar refractivity (Wildman–Crippen MR) is 81.6 cm³/mol. The molecule has 2 heterocycles. The van der Waals surface area contributed by atoms with E-state index < -0.39 is 0 Å². The van der Waals surface area contributed by atoms with Gasteiger partial charge in [0.05, 0.1) is 0 Å². The van der Waals surface area contributed by atoms with E-state index in [0.29, 0.717) is 0 Å². The van der Waals surface area contributed by atoms with E-state index >= 15 is 0 Å². The normalized spacial score (nSPS) is 19.7. The van der Waals surface area contributed by atoms with Crippen molar-refractivity contribution in [3.63, 3.8) is 0 Å². The molecule has 0 amide bonds. The average molecular weight is 261 g/mol. The Balaban J connectivity index is 2.28. The summed E-state index contributed by atoms with van der Waals surface area (Å²) in [5, 5.41) is 3.26. The van der Waals surface area contributed by atoms with Gasteiger partial charge in [0, 0.05) is 42.3 Å². The predicted octanol–water partition coefficient (Wildman–Crippen LogP) is 3.27. The van der Waals surface area contributed by atoms with Crippen LogP contribution in [0.3, 0.4) is 0 Å². The van der Waals surface area contributed by atoms with Crippen LogP contribution in [0, 0.1) is 6.92 Å². The van der Waals surface area contributed by atoms with Crippen LogP contribution in [0.5, 0.6) is 0 Å². The molecular weight excluding hydrogens is 234 g/mol. The van der Waals surface area contributed by atoms with Crippen molar-refractivity contribution in [3.05, 3.63) is 23.5 Å². The van der Waals surface area contributed by atoms with Gasteiger partial charge in [-0.1, -0.05) is 13.3 Å². The SMILES string of the molecule is CCCC1CCCCN1c1cc(C)ncc1CNC. The summed E-state index contributed by atoms with van der Waals surface area (Å²) in [6.45, 7) is 6.48. The third kappa shape index (κ3) is 3.47. The van der Waals surface area contributed by atoms with E-state index in [2.05, 4.69) is 35.1 Å². The van der Waals surface area contributed by atoms with Crippen molar-refractivity contribution in [1.29, 1.82) is 0 Å². The summed E-state index contributed by atoms with van der Waals surface area (Å²) in [5.41, 5.74) is 3.85. The Morgan fingerprint density at radius 3 is 3.00 bits per heavy atom. The molecule has 1 unspecified atom stereocenters. The highest BCUT2D eigenvalue weighted by Gasteiger charge is 2.23. The quantitative estimate of drug-likeness (QED) is 0.881. The summed E-state index contributed by atoms with van der Waals surface area (Å²) in [4.78, 5) is 7.09. The van der Waals surface area contributed by atoms with E-state index in [4.69, 9.17) is 0 Å². The van der Waals surface area contributed by atoms with Gasteiger partial charge in [-0.3, -0.25) is 4.98 Å². The van der Waals surface area contributed by atoms with Gasteiger partial charge in [-0.05, 0) is 45.7 Å². The van der Waals surface area contributed by atoms with E-state index in [1.807, 2.05) is 13.2 Å². The number of anilines is 1. The summed E-state index contributed by atoms with van der Waals surface area (Å²) < 4.78 is 0. The fourth-order valence-corrected chi connectivity index (χ4v) is 3.12. The molecule has 3 heteroatoms. The molecule has 1 fully saturated rings. The number of hydrogen-bond donors (Lipinski definition) is 1. The number of pyridine rings is 1. The van der Waals surface area contributed by atoms with Crippen molar-refractivity contribution in [2.45, 2.75) is 58.5 Å². The molecule has 0 spiro atoms. The smallest absolute Gasteiger partial charge is 0.0448 e. The second-order valence-electron chi connectivity index (χ2n) is 5.62. The minimum absolute atomic E-state index is 0.719. The standard InChI is InChI=1S/C16H27N3/c1-4-7-15-8-5-6-9-19(15)16-10-13(2)18-12-14(16)11-17-3/h10,12,15,17H,4-9,11H2,1-3H3. The number of piperidine rings is 1. The topological polar surface area (TPSA) is 28.2 Å². The molecule has 0 saturated carbocycles. The van der Waals surface area contributed by atoms with Crippen molar-refractivity contribution in [2.24, 2.45) is 0 Å². The fraction of sp³-hybridized carbons (Fsp3) is 0.688.